The first kappa shape index (κ1) is 17.6. The van der Waals surface area contributed by atoms with E-state index in [1.165, 1.54) is 21.9 Å². The Kier molecular flexibility index (Phi) is 6.13. The highest BCUT2D eigenvalue weighted by atomic mass is 32.2. The van der Waals surface area contributed by atoms with E-state index < -0.39 is 0 Å². The van der Waals surface area contributed by atoms with E-state index >= 15 is 0 Å². The first-order valence-corrected chi connectivity index (χ1v) is 9.75. The van der Waals surface area contributed by atoms with Gasteiger partial charge in [0, 0.05) is 12.3 Å². The molecule has 0 saturated heterocycles. The molecule has 0 unspecified atom stereocenters. The maximum atomic E-state index is 12.1. The lowest BCUT2D eigenvalue weighted by Crippen LogP contribution is -2.29. The summed E-state index contributed by atoms with van der Waals surface area (Å²) in [6.45, 7) is 2.82. The standard InChI is InChI=1S/C22H23NOS/c1-17(18-8-3-2-4-9-18)14-23-22(24)16-25-15-20-12-7-11-19-10-5-6-13-21(19)20/h2-13,17H,14-16H2,1H3,(H,23,24)/t17-/m1/s1. The molecule has 0 aromatic heterocycles. The molecule has 0 saturated carbocycles. The zero-order valence-corrected chi connectivity index (χ0v) is 15.3. The monoisotopic (exact) mass is 349 g/mol. The summed E-state index contributed by atoms with van der Waals surface area (Å²) in [7, 11) is 0. The number of benzene rings is 3. The SMILES string of the molecule is C[C@H](CNC(=O)CSCc1cccc2ccccc12)c1ccccc1. The molecule has 3 aromatic rings. The average Bonchev–Trinajstić information content (AvgIpc) is 2.67. The molecule has 0 aliphatic heterocycles. The van der Waals surface area contributed by atoms with Crippen LogP contribution in [0.5, 0.6) is 0 Å². The molecule has 3 aromatic carbocycles. The van der Waals surface area contributed by atoms with E-state index in [0.717, 1.165) is 5.75 Å². The van der Waals surface area contributed by atoms with Gasteiger partial charge >= 0.3 is 0 Å². The molecule has 0 heterocycles. The van der Waals surface area contributed by atoms with E-state index in [9.17, 15) is 4.79 Å². The van der Waals surface area contributed by atoms with Gasteiger partial charge < -0.3 is 5.32 Å². The number of thioether (sulfide) groups is 1. The van der Waals surface area contributed by atoms with Crippen molar-refractivity contribution >= 4 is 28.4 Å². The van der Waals surface area contributed by atoms with Gasteiger partial charge in [-0.3, -0.25) is 4.79 Å². The van der Waals surface area contributed by atoms with Gasteiger partial charge in [0.2, 0.25) is 5.91 Å². The molecular weight excluding hydrogens is 326 g/mol. The van der Waals surface area contributed by atoms with Gasteiger partial charge in [-0.05, 0) is 27.8 Å². The van der Waals surface area contributed by atoms with Gasteiger partial charge in [-0.15, -0.1) is 11.8 Å². The summed E-state index contributed by atoms with van der Waals surface area (Å²) in [6.07, 6.45) is 0. The Balaban J connectivity index is 1.46. The summed E-state index contributed by atoms with van der Waals surface area (Å²) >= 11 is 1.66. The maximum Gasteiger partial charge on any atom is 0.230 e. The summed E-state index contributed by atoms with van der Waals surface area (Å²) in [5.74, 6) is 1.77. The third kappa shape index (κ3) is 4.86. The fourth-order valence-corrected chi connectivity index (χ4v) is 3.75. The van der Waals surface area contributed by atoms with Crippen molar-refractivity contribution in [2.75, 3.05) is 12.3 Å². The molecule has 0 fully saturated rings. The minimum absolute atomic E-state index is 0.105. The number of hydrogen-bond acceptors (Lipinski definition) is 2. The van der Waals surface area contributed by atoms with Gasteiger partial charge in [0.05, 0.1) is 5.75 Å². The van der Waals surface area contributed by atoms with Crippen molar-refractivity contribution in [2.24, 2.45) is 0 Å². The Morgan fingerprint density at radius 1 is 0.960 bits per heavy atom. The smallest absolute Gasteiger partial charge is 0.230 e. The Labute approximate surface area is 153 Å². The van der Waals surface area contributed by atoms with Crippen molar-refractivity contribution in [3.05, 3.63) is 83.9 Å². The highest BCUT2D eigenvalue weighted by Gasteiger charge is 2.08. The topological polar surface area (TPSA) is 29.1 Å². The average molecular weight is 349 g/mol. The Hall–Kier alpha value is -2.26. The number of fused-ring (bicyclic) bond motifs is 1. The Morgan fingerprint density at radius 2 is 1.68 bits per heavy atom. The first-order valence-electron chi connectivity index (χ1n) is 8.60. The van der Waals surface area contributed by atoms with Crippen LogP contribution >= 0.6 is 11.8 Å². The van der Waals surface area contributed by atoms with E-state index in [1.807, 2.05) is 18.2 Å². The highest BCUT2D eigenvalue weighted by molar-refractivity contribution is 7.99. The molecule has 25 heavy (non-hydrogen) atoms. The largest absolute Gasteiger partial charge is 0.355 e. The van der Waals surface area contributed by atoms with Gasteiger partial charge in [-0.1, -0.05) is 79.7 Å². The van der Waals surface area contributed by atoms with Crippen molar-refractivity contribution in [1.82, 2.24) is 5.32 Å². The first-order chi connectivity index (χ1) is 12.2. The lowest BCUT2D eigenvalue weighted by Gasteiger charge is -2.13. The molecule has 0 aliphatic rings. The third-order valence-corrected chi connectivity index (χ3v) is 5.33. The fourth-order valence-electron chi connectivity index (χ4n) is 2.89. The predicted octanol–water partition coefficient (Wildman–Crippen LogP) is 4.99. The van der Waals surface area contributed by atoms with Gasteiger partial charge in [-0.25, -0.2) is 0 Å². The van der Waals surface area contributed by atoms with Crippen LogP contribution in [-0.4, -0.2) is 18.2 Å². The van der Waals surface area contributed by atoms with Crippen LogP contribution in [0.25, 0.3) is 10.8 Å². The Bertz CT molecular complexity index is 826. The molecule has 0 bridgehead atoms. The lowest BCUT2D eigenvalue weighted by atomic mass is 10.0. The van der Waals surface area contributed by atoms with Crippen LogP contribution in [0.4, 0.5) is 0 Å². The zero-order chi connectivity index (χ0) is 17.5. The van der Waals surface area contributed by atoms with E-state index in [1.54, 1.807) is 11.8 Å². The summed E-state index contributed by atoms with van der Waals surface area (Å²) in [5.41, 5.74) is 2.54. The predicted molar refractivity (Wildman–Crippen MR) is 108 cm³/mol. The maximum absolute atomic E-state index is 12.1. The van der Waals surface area contributed by atoms with Crippen molar-refractivity contribution in [1.29, 1.82) is 0 Å². The highest BCUT2D eigenvalue weighted by Crippen LogP contribution is 2.22. The molecular formula is C22H23NOS. The van der Waals surface area contributed by atoms with Gasteiger partial charge in [0.1, 0.15) is 0 Å². The summed E-state index contributed by atoms with van der Waals surface area (Å²) in [4.78, 5) is 12.1. The molecule has 0 aliphatic carbocycles. The molecule has 1 N–H and O–H groups in total. The molecule has 3 heteroatoms. The van der Waals surface area contributed by atoms with E-state index in [-0.39, 0.29) is 5.91 Å². The number of carbonyl (C=O) groups is 1. The number of hydrogen-bond donors (Lipinski definition) is 1. The van der Waals surface area contributed by atoms with Crippen LogP contribution in [0.3, 0.4) is 0 Å². The molecule has 0 spiro atoms. The van der Waals surface area contributed by atoms with Crippen LogP contribution in [0.15, 0.2) is 72.8 Å². The van der Waals surface area contributed by atoms with Crippen LogP contribution < -0.4 is 5.32 Å². The molecule has 1 atom stereocenters. The summed E-state index contributed by atoms with van der Waals surface area (Å²) in [5, 5.41) is 5.57. The van der Waals surface area contributed by atoms with Crippen molar-refractivity contribution in [3.63, 3.8) is 0 Å². The second-order valence-corrected chi connectivity index (χ2v) is 7.23. The number of amides is 1. The summed E-state index contributed by atoms with van der Waals surface area (Å²) < 4.78 is 0. The van der Waals surface area contributed by atoms with Crippen LogP contribution in [0.1, 0.15) is 24.0 Å². The van der Waals surface area contributed by atoms with E-state index in [2.05, 4.69) is 66.8 Å². The van der Waals surface area contributed by atoms with Gasteiger partial charge in [-0.2, -0.15) is 0 Å². The van der Waals surface area contributed by atoms with E-state index in [0.29, 0.717) is 18.2 Å². The van der Waals surface area contributed by atoms with E-state index in [4.69, 9.17) is 0 Å². The number of rotatable bonds is 7. The van der Waals surface area contributed by atoms with Crippen molar-refractivity contribution in [2.45, 2.75) is 18.6 Å². The van der Waals surface area contributed by atoms with Gasteiger partial charge in [0.25, 0.3) is 0 Å². The van der Waals surface area contributed by atoms with Crippen LogP contribution in [0.2, 0.25) is 0 Å². The second kappa shape index (κ2) is 8.72. The van der Waals surface area contributed by atoms with Gasteiger partial charge in [0.15, 0.2) is 0 Å². The normalized spacial score (nSPS) is 12.0. The Morgan fingerprint density at radius 3 is 2.52 bits per heavy atom. The molecule has 1 amide bonds. The minimum Gasteiger partial charge on any atom is -0.355 e. The molecule has 128 valence electrons. The molecule has 2 nitrogen and oxygen atoms in total. The van der Waals surface area contributed by atoms with Crippen molar-refractivity contribution < 1.29 is 4.79 Å². The van der Waals surface area contributed by atoms with Crippen LogP contribution in [-0.2, 0) is 10.5 Å². The van der Waals surface area contributed by atoms with Crippen LogP contribution in [0, 0.1) is 0 Å². The minimum atomic E-state index is 0.105. The lowest BCUT2D eigenvalue weighted by molar-refractivity contribution is -0.118. The second-order valence-electron chi connectivity index (χ2n) is 6.25. The zero-order valence-electron chi connectivity index (χ0n) is 14.4. The molecule has 3 rings (SSSR count). The third-order valence-electron chi connectivity index (χ3n) is 4.34. The quantitative estimate of drug-likeness (QED) is 0.651. The number of nitrogens with one attached hydrogen (secondary N) is 1. The molecule has 0 radical (unpaired) electrons. The van der Waals surface area contributed by atoms with Crippen molar-refractivity contribution in [3.8, 4) is 0 Å². The number of carbonyl (C=O) groups excluding carboxylic acids is 1. The summed E-state index contributed by atoms with van der Waals surface area (Å²) in [6, 6.07) is 25.0. The fraction of sp³-hybridized carbons (Fsp3) is 0.227.